The van der Waals surface area contributed by atoms with E-state index in [2.05, 4.69) is 260 Å². The highest BCUT2D eigenvalue weighted by Gasteiger charge is 2.16. The van der Waals surface area contributed by atoms with E-state index in [1.807, 2.05) is 0 Å². The van der Waals surface area contributed by atoms with Gasteiger partial charge in [-0.3, -0.25) is 0 Å². The van der Waals surface area contributed by atoms with Crippen molar-refractivity contribution in [3.63, 3.8) is 0 Å². The van der Waals surface area contributed by atoms with Crippen LogP contribution in [0, 0.1) is 0 Å². The molecule has 0 radical (unpaired) electrons. The van der Waals surface area contributed by atoms with Crippen molar-refractivity contribution in [3.8, 4) is 44.5 Å². The third-order valence-electron chi connectivity index (χ3n) is 11.0. The maximum atomic E-state index is 4.08. The molecule has 0 saturated carbocycles. The number of allylic oxidation sites excluding steroid dienone is 2. The Morgan fingerprint density at radius 3 is 0.750 bits per heavy atom. The van der Waals surface area contributed by atoms with E-state index in [9.17, 15) is 0 Å². The van der Waals surface area contributed by atoms with Crippen LogP contribution in [0.5, 0.6) is 0 Å². The highest BCUT2D eigenvalue weighted by Crippen LogP contribution is 2.40. The first-order valence-electron chi connectivity index (χ1n) is 20.3. The predicted octanol–water partition coefficient (Wildman–Crippen LogP) is 16.5. The molecule has 0 atom stereocenters. The molecule has 9 aromatic rings. The van der Waals surface area contributed by atoms with Crippen LogP contribution in [0.25, 0.3) is 50.1 Å². The molecule has 0 N–H and O–H groups in total. The first-order chi connectivity index (χ1) is 29.6. The number of anilines is 6. The van der Waals surface area contributed by atoms with Crippen molar-refractivity contribution in [1.29, 1.82) is 0 Å². The van der Waals surface area contributed by atoms with Crippen LogP contribution in [0.3, 0.4) is 0 Å². The summed E-state index contributed by atoms with van der Waals surface area (Å²) in [6.07, 6.45) is 1.79. The standard InChI is InChI=1S/C58H44N2/c1-3-43(2)44-19-21-47(22-20-44)50-27-37-54(38-28-50)59(53-17-11-6-12-18-53)55-39-29-51(30-40-55)52-31-41-58(42-32-52)60(56-33-23-48(24-34-56)45-13-7-4-8-14-45)57-35-25-49(26-36-57)46-15-9-5-10-16-46/h3-42H,1-2H2. The van der Waals surface area contributed by atoms with Crippen molar-refractivity contribution in [3.05, 3.63) is 261 Å². The molecule has 2 heteroatoms. The molecule has 9 rings (SSSR count). The highest BCUT2D eigenvalue weighted by atomic mass is 15.1. The van der Waals surface area contributed by atoms with Gasteiger partial charge in [-0.1, -0.05) is 183 Å². The Bertz CT molecular complexity index is 2730. The zero-order valence-corrected chi connectivity index (χ0v) is 33.4. The van der Waals surface area contributed by atoms with Gasteiger partial charge in [0.15, 0.2) is 0 Å². The molecule has 0 spiro atoms. The molecule has 0 bridgehead atoms. The molecule has 2 nitrogen and oxygen atoms in total. The van der Waals surface area contributed by atoms with Crippen LogP contribution in [-0.4, -0.2) is 0 Å². The molecule has 286 valence electrons. The van der Waals surface area contributed by atoms with Gasteiger partial charge in [0.25, 0.3) is 0 Å². The third kappa shape index (κ3) is 8.09. The maximum Gasteiger partial charge on any atom is 0.0462 e. The van der Waals surface area contributed by atoms with Gasteiger partial charge in [-0.2, -0.15) is 0 Å². The Morgan fingerprint density at radius 2 is 0.483 bits per heavy atom. The molecule has 0 unspecified atom stereocenters. The zero-order valence-electron chi connectivity index (χ0n) is 33.4. The number of hydrogen-bond acceptors (Lipinski definition) is 2. The van der Waals surface area contributed by atoms with Crippen LogP contribution >= 0.6 is 0 Å². The molecule has 9 aromatic carbocycles. The minimum absolute atomic E-state index is 0.923. The lowest BCUT2D eigenvalue weighted by Gasteiger charge is -2.26. The first-order valence-corrected chi connectivity index (χ1v) is 20.3. The van der Waals surface area contributed by atoms with Gasteiger partial charge in [0, 0.05) is 34.1 Å². The number of para-hydroxylation sites is 1. The fourth-order valence-corrected chi connectivity index (χ4v) is 7.74. The first kappa shape index (κ1) is 37.6. The van der Waals surface area contributed by atoms with E-state index in [1.54, 1.807) is 6.08 Å². The fraction of sp³-hybridized carbons (Fsp3) is 0. The number of hydrogen-bond donors (Lipinski definition) is 0. The second kappa shape index (κ2) is 17.3. The minimum atomic E-state index is 0.923. The summed E-state index contributed by atoms with van der Waals surface area (Å²) in [5.41, 5.74) is 18.0. The Balaban J connectivity index is 0.997. The summed E-state index contributed by atoms with van der Waals surface area (Å²) >= 11 is 0. The van der Waals surface area contributed by atoms with Gasteiger partial charge in [-0.15, -0.1) is 0 Å². The van der Waals surface area contributed by atoms with Crippen molar-refractivity contribution in [2.24, 2.45) is 0 Å². The van der Waals surface area contributed by atoms with Gasteiger partial charge in [0.05, 0.1) is 0 Å². The normalized spacial score (nSPS) is 10.8. The maximum absolute atomic E-state index is 4.08. The molecule has 0 saturated heterocycles. The monoisotopic (exact) mass is 768 g/mol. The minimum Gasteiger partial charge on any atom is -0.311 e. The summed E-state index contributed by atoms with van der Waals surface area (Å²) in [4.78, 5) is 4.63. The van der Waals surface area contributed by atoms with E-state index in [1.165, 1.54) is 22.3 Å². The Labute approximate surface area is 353 Å². The van der Waals surface area contributed by atoms with Crippen LogP contribution in [0.15, 0.2) is 256 Å². The average Bonchev–Trinajstić information content (AvgIpc) is 3.33. The quantitative estimate of drug-likeness (QED) is 0.114. The largest absolute Gasteiger partial charge is 0.311 e. The lowest BCUT2D eigenvalue weighted by molar-refractivity contribution is 1.28. The van der Waals surface area contributed by atoms with Crippen molar-refractivity contribution in [1.82, 2.24) is 0 Å². The summed E-state index contributed by atoms with van der Waals surface area (Å²) in [5.74, 6) is 0. The third-order valence-corrected chi connectivity index (χ3v) is 11.0. The molecule has 0 aliphatic carbocycles. The van der Waals surface area contributed by atoms with Gasteiger partial charge in [-0.05, 0) is 128 Å². The molecule has 0 aliphatic heterocycles. The zero-order chi connectivity index (χ0) is 40.7. The Morgan fingerprint density at radius 1 is 0.267 bits per heavy atom. The molecular formula is C58H44N2. The SMILES string of the molecule is C=CC(=C)c1ccc(-c2ccc(N(c3ccccc3)c3ccc(-c4ccc(N(c5ccc(-c6ccccc6)cc5)c5ccc(-c6ccccc6)cc5)cc4)cc3)cc2)cc1. The number of nitrogens with zero attached hydrogens (tertiary/aromatic N) is 2. The van der Waals surface area contributed by atoms with Crippen LogP contribution < -0.4 is 9.80 Å². The average molecular weight is 769 g/mol. The number of benzene rings is 9. The van der Waals surface area contributed by atoms with Crippen molar-refractivity contribution in [2.45, 2.75) is 0 Å². The van der Waals surface area contributed by atoms with Gasteiger partial charge in [0.1, 0.15) is 0 Å². The smallest absolute Gasteiger partial charge is 0.0462 e. The summed E-state index contributed by atoms with van der Waals surface area (Å²) in [5, 5.41) is 0. The second-order valence-electron chi connectivity index (χ2n) is 14.8. The van der Waals surface area contributed by atoms with Gasteiger partial charge < -0.3 is 9.80 Å². The molecule has 60 heavy (non-hydrogen) atoms. The van der Waals surface area contributed by atoms with Crippen molar-refractivity contribution >= 4 is 39.7 Å². The van der Waals surface area contributed by atoms with E-state index in [0.717, 1.165) is 67.5 Å². The van der Waals surface area contributed by atoms with Crippen LogP contribution in [0.1, 0.15) is 5.56 Å². The van der Waals surface area contributed by atoms with Gasteiger partial charge in [-0.25, -0.2) is 0 Å². The highest BCUT2D eigenvalue weighted by molar-refractivity contribution is 5.83. The van der Waals surface area contributed by atoms with Crippen LogP contribution in [0.2, 0.25) is 0 Å². The Kier molecular flexibility index (Phi) is 10.8. The van der Waals surface area contributed by atoms with E-state index in [-0.39, 0.29) is 0 Å². The van der Waals surface area contributed by atoms with Gasteiger partial charge >= 0.3 is 0 Å². The summed E-state index contributed by atoms with van der Waals surface area (Å²) in [7, 11) is 0. The van der Waals surface area contributed by atoms with Crippen molar-refractivity contribution in [2.75, 3.05) is 9.80 Å². The lowest BCUT2D eigenvalue weighted by Crippen LogP contribution is -2.10. The second-order valence-corrected chi connectivity index (χ2v) is 14.8. The Hall–Kier alpha value is -7.94. The molecular weight excluding hydrogens is 725 g/mol. The molecule has 0 aromatic heterocycles. The van der Waals surface area contributed by atoms with E-state index >= 15 is 0 Å². The van der Waals surface area contributed by atoms with Crippen molar-refractivity contribution < 1.29 is 0 Å². The topological polar surface area (TPSA) is 6.48 Å². The lowest BCUT2D eigenvalue weighted by atomic mass is 10.0. The van der Waals surface area contributed by atoms with E-state index in [0.29, 0.717) is 0 Å². The molecule has 0 amide bonds. The van der Waals surface area contributed by atoms with Crippen LogP contribution in [0.4, 0.5) is 34.1 Å². The molecule has 0 aliphatic rings. The predicted molar refractivity (Wildman–Crippen MR) is 257 cm³/mol. The van der Waals surface area contributed by atoms with Gasteiger partial charge in [0.2, 0.25) is 0 Å². The van der Waals surface area contributed by atoms with E-state index in [4.69, 9.17) is 0 Å². The van der Waals surface area contributed by atoms with Crippen LogP contribution in [-0.2, 0) is 0 Å². The fourth-order valence-electron chi connectivity index (χ4n) is 7.74. The summed E-state index contributed by atoms with van der Waals surface area (Å²) < 4.78 is 0. The summed E-state index contributed by atoms with van der Waals surface area (Å²) in [6.45, 7) is 7.94. The molecule has 0 heterocycles. The molecule has 0 fully saturated rings. The number of rotatable bonds is 12. The van der Waals surface area contributed by atoms with E-state index < -0.39 is 0 Å². The summed E-state index contributed by atoms with van der Waals surface area (Å²) in [6, 6.07) is 84.3.